The predicted molar refractivity (Wildman–Crippen MR) is 158 cm³/mol. The number of ether oxygens (including phenoxy) is 2. The minimum absolute atomic E-state index is 0.0557. The van der Waals surface area contributed by atoms with E-state index in [4.69, 9.17) is 9.47 Å². The van der Waals surface area contributed by atoms with E-state index >= 15 is 0 Å². The number of rotatable bonds is 8. The van der Waals surface area contributed by atoms with Gasteiger partial charge in [0.15, 0.2) is 0 Å². The Hall–Kier alpha value is -3.56. The van der Waals surface area contributed by atoms with Gasteiger partial charge in [-0.05, 0) is 49.6 Å². The standard InChI is InChI=1S/C31H37N3O5S/c1-23-9-12-29(24(2)19-23)32-14-16-33(17-15-32)31(35)28-11-10-26(20-30(28)38-3)34-27(13-18-40(34,36)37)22-39-21-25-7-5-4-6-8-25/h4-12,19-20,27H,13-18,21-22H2,1-3H3/t27-/m0/s1. The highest BCUT2D eigenvalue weighted by atomic mass is 32.2. The highest BCUT2D eigenvalue weighted by Crippen LogP contribution is 2.34. The van der Waals surface area contributed by atoms with E-state index in [-0.39, 0.29) is 24.3 Å². The lowest BCUT2D eigenvalue weighted by molar-refractivity contribution is 0.0743. The van der Waals surface area contributed by atoms with E-state index < -0.39 is 10.0 Å². The Balaban J connectivity index is 1.27. The highest BCUT2D eigenvalue weighted by Gasteiger charge is 2.38. The molecule has 0 spiro atoms. The molecule has 1 atom stereocenters. The van der Waals surface area contributed by atoms with Crippen LogP contribution >= 0.6 is 0 Å². The number of aryl methyl sites for hydroxylation is 2. The van der Waals surface area contributed by atoms with Gasteiger partial charge in [-0.25, -0.2) is 8.42 Å². The SMILES string of the molecule is COc1cc(N2[C@H](COCc3ccccc3)CCS2(=O)=O)ccc1C(=O)N1CCN(c2ccc(C)cc2C)CC1. The molecule has 1 amide bonds. The zero-order chi connectivity index (χ0) is 28.3. The monoisotopic (exact) mass is 563 g/mol. The van der Waals surface area contributed by atoms with Gasteiger partial charge in [-0.1, -0.05) is 48.0 Å². The molecule has 40 heavy (non-hydrogen) atoms. The number of methoxy groups -OCH3 is 1. The molecule has 3 aromatic rings. The first-order valence-electron chi connectivity index (χ1n) is 13.7. The minimum atomic E-state index is -3.50. The molecule has 2 aliphatic heterocycles. The Kier molecular flexibility index (Phi) is 8.32. The summed E-state index contributed by atoms with van der Waals surface area (Å²) in [6.07, 6.45) is 0.477. The molecular weight excluding hydrogens is 526 g/mol. The Labute approximate surface area is 237 Å². The Morgan fingerprint density at radius 3 is 2.40 bits per heavy atom. The zero-order valence-electron chi connectivity index (χ0n) is 23.4. The third kappa shape index (κ3) is 5.95. The number of anilines is 2. The average Bonchev–Trinajstić information content (AvgIpc) is 3.26. The van der Waals surface area contributed by atoms with Crippen LogP contribution in [0.4, 0.5) is 11.4 Å². The molecule has 2 heterocycles. The van der Waals surface area contributed by atoms with E-state index in [0.29, 0.717) is 43.1 Å². The molecule has 2 aliphatic rings. The van der Waals surface area contributed by atoms with Crippen molar-refractivity contribution in [2.45, 2.75) is 32.9 Å². The Morgan fingerprint density at radius 2 is 1.70 bits per heavy atom. The molecule has 0 unspecified atom stereocenters. The first-order chi connectivity index (χ1) is 19.3. The van der Waals surface area contributed by atoms with Crippen molar-refractivity contribution in [2.75, 3.05) is 54.9 Å². The van der Waals surface area contributed by atoms with Crippen LogP contribution in [0.15, 0.2) is 66.7 Å². The fourth-order valence-electron chi connectivity index (χ4n) is 5.61. The van der Waals surface area contributed by atoms with Crippen molar-refractivity contribution in [1.29, 1.82) is 0 Å². The molecule has 0 aliphatic carbocycles. The van der Waals surface area contributed by atoms with E-state index in [9.17, 15) is 13.2 Å². The summed E-state index contributed by atoms with van der Waals surface area (Å²) in [5.74, 6) is 0.307. The van der Waals surface area contributed by atoms with Gasteiger partial charge in [-0.3, -0.25) is 9.10 Å². The first kappa shape index (κ1) is 28.0. The number of piperazine rings is 1. The van der Waals surface area contributed by atoms with Crippen LogP contribution in [-0.4, -0.2) is 70.9 Å². The molecule has 0 aromatic heterocycles. The van der Waals surface area contributed by atoms with Gasteiger partial charge < -0.3 is 19.3 Å². The number of hydrogen-bond acceptors (Lipinski definition) is 6. The number of nitrogens with zero attached hydrogens (tertiary/aromatic N) is 3. The molecule has 2 fully saturated rings. The summed E-state index contributed by atoms with van der Waals surface area (Å²) in [5.41, 5.74) is 5.62. The fourth-order valence-corrected chi connectivity index (χ4v) is 7.43. The smallest absolute Gasteiger partial charge is 0.257 e. The van der Waals surface area contributed by atoms with Gasteiger partial charge in [-0.15, -0.1) is 0 Å². The van der Waals surface area contributed by atoms with E-state index in [1.807, 2.05) is 35.2 Å². The maximum atomic E-state index is 13.5. The molecule has 3 aromatic carbocycles. The van der Waals surface area contributed by atoms with Crippen molar-refractivity contribution < 1.29 is 22.7 Å². The molecule has 9 heteroatoms. The quantitative estimate of drug-likeness (QED) is 0.404. The second-order valence-corrected chi connectivity index (χ2v) is 12.5. The van der Waals surface area contributed by atoms with E-state index in [0.717, 1.165) is 18.7 Å². The van der Waals surface area contributed by atoms with Crippen LogP contribution in [-0.2, 0) is 21.4 Å². The van der Waals surface area contributed by atoms with Crippen LogP contribution in [0.1, 0.15) is 33.5 Å². The molecular formula is C31H37N3O5S. The Morgan fingerprint density at radius 1 is 0.950 bits per heavy atom. The van der Waals surface area contributed by atoms with Crippen LogP contribution in [0.2, 0.25) is 0 Å². The van der Waals surface area contributed by atoms with Crippen LogP contribution in [0.3, 0.4) is 0 Å². The molecule has 0 bridgehead atoms. The minimum Gasteiger partial charge on any atom is -0.496 e. The summed E-state index contributed by atoms with van der Waals surface area (Å²) in [6.45, 7) is 7.58. The van der Waals surface area contributed by atoms with Gasteiger partial charge in [0, 0.05) is 37.9 Å². The highest BCUT2D eigenvalue weighted by molar-refractivity contribution is 7.93. The third-order valence-electron chi connectivity index (χ3n) is 7.69. The number of sulfonamides is 1. The summed E-state index contributed by atoms with van der Waals surface area (Å²) in [6, 6.07) is 21.0. The lowest BCUT2D eigenvalue weighted by Gasteiger charge is -2.37. The number of carbonyl (C=O) groups excluding carboxylic acids is 1. The molecule has 0 N–H and O–H groups in total. The van der Waals surface area contributed by atoms with Gasteiger partial charge in [-0.2, -0.15) is 0 Å². The van der Waals surface area contributed by atoms with Crippen molar-refractivity contribution in [3.05, 3.63) is 89.0 Å². The second-order valence-electron chi connectivity index (χ2n) is 10.5. The van der Waals surface area contributed by atoms with Crippen LogP contribution in [0, 0.1) is 13.8 Å². The van der Waals surface area contributed by atoms with Crippen molar-refractivity contribution in [1.82, 2.24) is 4.90 Å². The molecule has 0 radical (unpaired) electrons. The lowest BCUT2D eigenvalue weighted by Crippen LogP contribution is -2.49. The van der Waals surface area contributed by atoms with E-state index in [1.54, 1.807) is 18.2 Å². The number of benzene rings is 3. The molecule has 0 saturated carbocycles. The maximum absolute atomic E-state index is 13.5. The molecule has 5 rings (SSSR count). The second kappa shape index (κ2) is 11.9. The summed E-state index contributed by atoms with van der Waals surface area (Å²) in [5, 5.41) is 0. The fraction of sp³-hybridized carbons (Fsp3) is 0.387. The van der Waals surface area contributed by atoms with E-state index in [1.165, 1.54) is 28.2 Å². The first-order valence-corrected chi connectivity index (χ1v) is 15.3. The van der Waals surface area contributed by atoms with Gasteiger partial charge in [0.05, 0.1) is 43.4 Å². The number of carbonyl (C=O) groups is 1. The topological polar surface area (TPSA) is 79.4 Å². The van der Waals surface area contributed by atoms with Gasteiger partial charge in [0.2, 0.25) is 10.0 Å². The Bertz CT molecular complexity index is 1450. The maximum Gasteiger partial charge on any atom is 0.257 e. The van der Waals surface area contributed by atoms with E-state index in [2.05, 4.69) is 36.9 Å². The summed E-state index contributed by atoms with van der Waals surface area (Å²) < 4.78 is 39.0. The van der Waals surface area contributed by atoms with Gasteiger partial charge in [0.25, 0.3) is 5.91 Å². The van der Waals surface area contributed by atoms with Crippen molar-refractivity contribution in [3.8, 4) is 5.75 Å². The zero-order valence-corrected chi connectivity index (χ0v) is 24.2. The number of amides is 1. The largest absolute Gasteiger partial charge is 0.496 e. The molecule has 212 valence electrons. The van der Waals surface area contributed by atoms with Gasteiger partial charge >= 0.3 is 0 Å². The van der Waals surface area contributed by atoms with Crippen molar-refractivity contribution in [2.24, 2.45) is 0 Å². The predicted octanol–water partition coefficient (Wildman–Crippen LogP) is 4.40. The van der Waals surface area contributed by atoms with Crippen molar-refractivity contribution in [3.63, 3.8) is 0 Å². The third-order valence-corrected chi connectivity index (χ3v) is 9.55. The summed E-state index contributed by atoms with van der Waals surface area (Å²) in [7, 11) is -2.00. The van der Waals surface area contributed by atoms with Crippen LogP contribution in [0.25, 0.3) is 0 Å². The van der Waals surface area contributed by atoms with Crippen LogP contribution in [0.5, 0.6) is 5.75 Å². The average molecular weight is 564 g/mol. The lowest BCUT2D eigenvalue weighted by atomic mass is 10.1. The summed E-state index contributed by atoms with van der Waals surface area (Å²) >= 11 is 0. The molecule has 8 nitrogen and oxygen atoms in total. The number of hydrogen-bond donors (Lipinski definition) is 0. The van der Waals surface area contributed by atoms with Crippen LogP contribution < -0.4 is 13.9 Å². The molecule has 2 saturated heterocycles. The van der Waals surface area contributed by atoms with Crippen molar-refractivity contribution >= 4 is 27.3 Å². The normalized spacial score (nSPS) is 18.7. The summed E-state index contributed by atoms with van der Waals surface area (Å²) in [4.78, 5) is 17.7. The van der Waals surface area contributed by atoms with Gasteiger partial charge in [0.1, 0.15) is 5.75 Å².